The van der Waals surface area contributed by atoms with Crippen LogP contribution in [0.4, 0.5) is 10.6 Å². The number of carbonyl (C=O) groups is 2. The van der Waals surface area contributed by atoms with Gasteiger partial charge in [-0.05, 0) is 35.5 Å². The molecule has 134 valence electrons. The molecule has 0 spiro atoms. The van der Waals surface area contributed by atoms with Gasteiger partial charge in [-0.2, -0.15) is 0 Å². The first-order chi connectivity index (χ1) is 12.4. The highest BCUT2D eigenvalue weighted by Gasteiger charge is 2.32. The summed E-state index contributed by atoms with van der Waals surface area (Å²) < 4.78 is 6.15. The van der Waals surface area contributed by atoms with E-state index in [2.05, 4.69) is 25.9 Å². The summed E-state index contributed by atoms with van der Waals surface area (Å²) >= 11 is 4.18. The lowest BCUT2D eigenvalue weighted by molar-refractivity contribution is -0.121. The fourth-order valence-electron chi connectivity index (χ4n) is 2.11. The second-order valence-electron chi connectivity index (χ2n) is 5.30. The minimum absolute atomic E-state index is 0.0623. The molecule has 0 atom stereocenters. The van der Waals surface area contributed by atoms with Gasteiger partial charge in [0.15, 0.2) is 11.5 Å². The van der Waals surface area contributed by atoms with Crippen LogP contribution in [0.2, 0.25) is 0 Å². The summed E-state index contributed by atoms with van der Waals surface area (Å²) in [6.45, 7) is 0.0623. The van der Waals surface area contributed by atoms with Crippen molar-refractivity contribution in [3.05, 3.63) is 45.2 Å². The van der Waals surface area contributed by atoms with Crippen LogP contribution in [0.1, 0.15) is 11.1 Å². The minimum Gasteiger partial charge on any atom is -0.504 e. The number of hydrogen-bond acceptors (Lipinski definition) is 8. The van der Waals surface area contributed by atoms with Crippen LogP contribution in [0.5, 0.6) is 11.5 Å². The van der Waals surface area contributed by atoms with Crippen LogP contribution < -0.4 is 10.5 Å². The zero-order chi connectivity index (χ0) is 18.8. The number of benzene rings is 1. The summed E-state index contributed by atoms with van der Waals surface area (Å²) in [7, 11) is 1.42. The zero-order valence-corrected chi connectivity index (χ0v) is 15.9. The van der Waals surface area contributed by atoms with Crippen molar-refractivity contribution in [2.75, 3.05) is 12.8 Å². The molecule has 26 heavy (non-hydrogen) atoms. The summed E-state index contributed by atoms with van der Waals surface area (Å²) in [5, 5.41) is 9.75. The second kappa shape index (κ2) is 7.34. The Kier molecular flexibility index (Phi) is 5.14. The molecule has 1 aliphatic rings. The third-order valence-electron chi connectivity index (χ3n) is 3.56. The number of aromatic hydroxyl groups is 1. The smallest absolute Gasteiger partial charge is 0.293 e. The second-order valence-corrected chi connectivity index (χ2v) is 7.15. The van der Waals surface area contributed by atoms with Gasteiger partial charge in [0.2, 0.25) is 0 Å². The number of aromatic nitrogens is 2. The number of nitrogens with two attached hydrogens (primary N) is 1. The molecule has 10 heteroatoms. The monoisotopic (exact) mass is 436 g/mol. The topological polar surface area (TPSA) is 119 Å². The van der Waals surface area contributed by atoms with Crippen LogP contribution in [-0.2, 0) is 11.4 Å². The molecule has 1 saturated heterocycles. The number of ether oxygens (including phenoxy) is 1. The van der Waals surface area contributed by atoms with Gasteiger partial charge < -0.3 is 15.6 Å². The predicted octanol–water partition coefficient (Wildman–Crippen LogP) is 2.77. The van der Waals surface area contributed by atoms with Gasteiger partial charge >= 0.3 is 0 Å². The van der Waals surface area contributed by atoms with Crippen molar-refractivity contribution >= 4 is 50.7 Å². The molecule has 8 nitrogen and oxygen atoms in total. The van der Waals surface area contributed by atoms with E-state index >= 15 is 0 Å². The average Bonchev–Trinajstić information content (AvgIpc) is 2.84. The molecule has 2 aromatic rings. The van der Waals surface area contributed by atoms with E-state index in [0.717, 1.165) is 16.7 Å². The van der Waals surface area contributed by atoms with E-state index in [1.807, 2.05) is 0 Å². The number of imide groups is 1. The largest absolute Gasteiger partial charge is 0.504 e. The summed E-state index contributed by atoms with van der Waals surface area (Å²) in [6.07, 6.45) is 4.41. The number of rotatable bonds is 4. The molecule has 0 aliphatic carbocycles. The fraction of sp³-hybridized carbons (Fsp3) is 0.125. The lowest BCUT2D eigenvalue weighted by Crippen LogP contribution is -2.22. The number of phenols is 1. The first kappa shape index (κ1) is 18.2. The molecule has 3 N–H and O–H groups in total. The van der Waals surface area contributed by atoms with E-state index in [0.29, 0.717) is 15.6 Å². The van der Waals surface area contributed by atoms with Gasteiger partial charge in [-0.3, -0.25) is 14.5 Å². The van der Waals surface area contributed by atoms with Crippen molar-refractivity contribution in [1.29, 1.82) is 0 Å². The van der Waals surface area contributed by atoms with Gasteiger partial charge in [-0.25, -0.2) is 9.97 Å². The Morgan fingerprint density at radius 1 is 1.42 bits per heavy atom. The first-order valence-corrected chi connectivity index (χ1v) is 8.89. The van der Waals surface area contributed by atoms with Gasteiger partial charge in [0.1, 0.15) is 18.8 Å². The van der Waals surface area contributed by atoms with Crippen molar-refractivity contribution in [3.8, 4) is 11.5 Å². The Balaban J connectivity index is 1.87. The Labute approximate surface area is 161 Å². The molecule has 1 aromatic heterocycles. The summed E-state index contributed by atoms with van der Waals surface area (Å²) in [5.74, 6) is 0.0107. The van der Waals surface area contributed by atoms with E-state index in [9.17, 15) is 14.7 Å². The number of carbonyl (C=O) groups excluding carboxylic acids is 2. The van der Waals surface area contributed by atoms with Crippen molar-refractivity contribution < 1.29 is 19.4 Å². The Bertz CT molecular complexity index is 934. The number of likely N-dealkylation sites (N-methyl/N-ethyl adjacent to an activating group) is 1. The van der Waals surface area contributed by atoms with E-state index in [1.54, 1.807) is 12.1 Å². The number of nitrogens with zero attached hydrogens (tertiary/aromatic N) is 3. The van der Waals surface area contributed by atoms with E-state index < -0.39 is 0 Å². The number of thioether (sulfide) groups is 1. The van der Waals surface area contributed by atoms with Crippen LogP contribution in [0.15, 0.2) is 34.0 Å². The number of hydrogen-bond donors (Lipinski definition) is 2. The molecule has 0 saturated carbocycles. The highest BCUT2D eigenvalue weighted by Crippen LogP contribution is 2.37. The molecule has 0 radical (unpaired) electrons. The van der Waals surface area contributed by atoms with E-state index in [1.165, 1.54) is 25.6 Å². The van der Waals surface area contributed by atoms with Crippen molar-refractivity contribution in [1.82, 2.24) is 14.9 Å². The lowest BCUT2D eigenvalue weighted by Gasteiger charge is -2.11. The molecule has 2 heterocycles. The van der Waals surface area contributed by atoms with E-state index in [-0.39, 0.29) is 40.0 Å². The maximum absolute atomic E-state index is 12.0. The van der Waals surface area contributed by atoms with Crippen LogP contribution in [0, 0.1) is 0 Å². The molecule has 1 fully saturated rings. The average molecular weight is 437 g/mol. The number of anilines is 1. The SMILES string of the molecule is CN1C(=O)S/C(=C\c2cc(OCc3cncnc3N)c(O)cc2Br)C1=O. The van der Waals surface area contributed by atoms with Gasteiger partial charge in [0.05, 0.1) is 4.91 Å². The number of nitrogen functional groups attached to an aromatic ring is 1. The molecule has 2 amide bonds. The minimum atomic E-state index is -0.378. The third-order valence-corrected chi connectivity index (χ3v) is 5.21. The van der Waals surface area contributed by atoms with Crippen LogP contribution in [-0.4, -0.2) is 38.2 Å². The van der Waals surface area contributed by atoms with Crippen molar-refractivity contribution in [2.24, 2.45) is 0 Å². The quantitative estimate of drug-likeness (QED) is 0.701. The third kappa shape index (κ3) is 3.65. The van der Waals surface area contributed by atoms with Gasteiger partial charge in [0.25, 0.3) is 11.1 Å². The maximum Gasteiger partial charge on any atom is 0.293 e. The Morgan fingerprint density at radius 3 is 2.85 bits per heavy atom. The molecular weight excluding hydrogens is 424 g/mol. The number of phenolic OH excluding ortho intramolecular Hbond substituents is 1. The zero-order valence-electron chi connectivity index (χ0n) is 13.5. The maximum atomic E-state index is 12.0. The standard InChI is InChI=1S/C16H13BrN4O4S/c1-21-15(23)13(26-16(21)24)3-8-2-12(11(22)4-10(8)17)25-6-9-5-19-7-20-14(9)18/h2-5,7,22H,6H2,1H3,(H2,18,19,20)/b13-3-. The summed E-state index contributed by atoms with van der Waals surface area (Å²) in [5.41, 5.74) is 6.89. The Hall–Kier alpha value is -2.59. The summed E-state index contributed by atoms with van der Waals surface area (Å²) in [6, 6.07) is 3.01. The Morgan fingerprint density at radius 2 is 2.19 bits per heavy atom. The number of amides is 2. The molecule has 0 unspecified atom stereocenters. The van der Waals surface area contributed by atoms with Gasteiger partial charge in [0, 0.05) is 23.3 Å². The van der Waals surface area contributed by atoms with Crippen molar-refractivity contribution in [3.63, 3.8) is 0 Å². The van der Waals surface area contributed by atoms with Crippen molar-refractivity contribution in [2.45, 2.75) is 6.61 Å². The normalized spacial score (nSPS) is 15.8. The van der Waals surface area contributed by atoms with Crippen LogP contribution in [0.3, 0.4) is 0 Å². The highest BCUT2D eigenvalue weighted by molar-refractivity contribution is 9.10. The fourth-order valence-corrected chi connectivity index (χ4v) is 3.37. The van der Waals surface area contributed by atoms with Crippen LogP contribution in [0.25, 0.3) is 6.08 Å². The first-order valence-electron chi connectivity index (χ1n) is 7.28. The molecule has 1 aliphatic heterocycles. The van der Waals surface area contributed by atoms with Gasteiger partial charge in [-0.1, -0.05) is 15.9 Å². The molecule has 3 rings (SSSR count). The number of halogens is 1. The molecular formula is C16H13BrN4O4S. The van der Waals surface area contributed by atoms with E-state index in [4.69, 9.17) is 10.5 Å². The van der Waals surface area contributed by atoms with Gasteiger partial charge in [-0.15, -0.1) is 0 Å². The molecule has 0 bridgehead atoms. The summed E-state index contributed by atoms with van der Waals surface area (Å²) in [4.78, 5) is 32.7. The highest BCUT2D eigenvalue weighted by atomic mass is 79.9. The lowest BCUT2D eigenvalue weighted by atomic mass is 10.2. The van der Waals surface area contributed by atoms with Crippen LogP contribution >= 0.6 is 27.7 Å². The molecule has 1 aromatic carbocycles. The predicted molar refractivity (Wildman–Crippen MR) is 100 cm³/mol.